The fourth-order valence-corrected chi connectivity index (χ4v) is 2.15. The van der Waals surface area contributed by atoms with E-state index in [2.05, 4.69) is 0 Å². The second-order valence-corrected chi connectivity index (χ2v) is 6.53. The number of carbonyl (C=O) groups excluding carboxylic acids is 1. The summed E-state index contributed by atoms with van der Waals surface area (Å²) in [5, 5.41) is 0. The van der Waals surface area contributed by atoms with Crippen molar-refractivity contribution in [2.45, 2.75) is 32.4 Å². The van der Waals surface area contributed by atoms with E-state index in [-0.39, 0.29) is 5.97 Å². The van der Waals surface area contributed by atoms with Crippen LogP contribution in [0.1, 0.15) is 20.8 Å². The third-order valence-corrected chi connectivity index (χ3v) is 3.30. The van der Waals surface area contributed by atoms with Crippen LogP contribution < -0.4 is 10.5 Å². The molecule has 0 fully saturated rings. The van der Waals surface area contributed by atoms with Crippen LogP contribution >= 0.6 is 11.8 Å². The highest BCUT2D eigenvalue weighted by molar-refractivity contribution is 7.99. The van der Waals surface area contributed by atoms with Gasteiger partial charge >= 0.3 is 5.97 Å². The zero-order valence-corrected chi connectivity index (χ0v) is 13.1. The van der Waals surface area contributed by atoms with E-state index in [1.165, 1.54) is 0 Å². The normalized spacial score (nSPS) is 12.8. The molecule has 5 heteroatoms. The first-order valence-electron chi connectivity index (χ1n) is 6.62. The lowest BCUT2D eigenvalue weighted by Crippen LogP contribution is -2.39. The maximum atomic E-state index is 11.7. The maximum Gasteiger partial charge on any atom is 0.324 e. The molecule has 0 bridgehead atoms. The molecule has 0 saturated heterocycles. The van der Waals surface area contributed by atoms with E-state index in [1.54, 1.807) is 11.8 Å². The van der Waals surface area contributed by atoms with Gasteiger partial charge in [0.25, 0.3) is 0 Å². The van der Waals surface area contributed by atoms with Crippen molar-refractivity contribution in [1.29, 1.82) is 0 Å². The summed E-state index contributed by atoms with van der Waals surface area (Å²) in [6, 6.07) is 9.05. The van der Waals surface area contributed by atoms with Gasteiger partial charge in [-0.2, -0.15) is 11.8 Å². The van der Waals surface area contributed by atoms with Gasteiger partial charge in [-0.1, -0.05) is 18.2 Å². The molecule has 20 heavy (non-hydrogen) atoms. The zero-order valence-electron chi connectivity index (χ0n) is 12.3. The summed E-state index contributed by atoms with van der Waals surface area (Å²) in [4.78, 5) is 11.7. The van der Waals surface area contributed by atoms with Gasteiger partial charge < -0.3 is 15.2 Å². The van der Waals surface area contributed by atoms with Gasteiger partial charge in [-0.3, -0.25) is 4.79 Å². The molecular weight excluding hydrogens is 274 g/mol. The molecule has 1 aromatic carbocycles. The first-order valence-corrected chi connectivity index (χ1v) is 7.78. The second-order valence-electron chi connectivity index (χ2n) is 5.38. The van der Waals surface area contributed by atoms with Crippen molar-refractivity contribution in [1.82, 2.24) is 0 Å². The predicted octanol–water partition coefficient (Wildman–Crippen LogP) is 2.47. The van der Waals surface area contributed by atoms with Crippen molar-refractivity contribution in [3.05, 3.63) is 30.3 Å². The number of ether oxygens (including phenoxy) is 2. The Morgan fingerprint density at radius 2 is 1.95 bits per heavy atom. The average molecular weight is 297 g/mol. The standard InChI is InChI=1S/C15H23NO3S/c1-15(2,3)19-14(17)13(16)11-20-10-9-18-12-7-5-4-6-8-12/h4-8,13H,9-11,16H2,1-3H3. The summed E-state index contributed by atoms with van der Waals surface area (Å²) in [7, 11) is 0. The van der Waals surface area contributed by atoms with Gasteiger partial charge in [-0.25, -0.2) is 0 Å². The van der Waals surface area contributed by atoms with Crippen LogP contribution in [0.4, 0.5) is 0 Å². The van der Waals surface area contributed by atoms with E-state index >= 15 is 0 Å². The summed E-state index contributed by atoms with van der Waals surface area (Å²) in [5.41, 5.74) is 5.29. The smallest absolute Gasteiger partial charge is 0.324 e. The Labute approximate surface area is 125 Å². The SMILES string of the molecule is CC(C)(C)OC(=O)C(N)CSCCOc1ccccc1. The Balaban J connectivity index is 2.13. The maximum absolute atomic E-state index is 11.7. The molecule has 112 valence electrons. The molecule has 0 saturated carbocycles. The molecule has 0 aromatic heterocycles. The average Bonchev–Trinajstić information content (AvgIpc) is 2.37. The highest BCUT2D eigenvalue weighted by Crippen LogP contribution is 2.12. The Morgan fingerprint density at radius 1 is 1.30 bits per heavy atom. The predicted molar refractivity (Wildman–Crippen MR) is 83.1 cm³/mol. The molecule has 1 aromatic rings. The molecule has 0 aliphatic carbocycles. The van der Waals surface area contributed by atoms with Gasteiger partial charge in [-0.05, 0) is 32.9 Å². The molecule has 1 atom stereocenters. The molecular formula is C15H23NO3S. The largest absolute Gasteiger partial charge is 0.493 e. The minimum atomic E-state index is -0.587. The lowest BCUT2D eigenvalue weighted by molar-refractivity contribution is -0.155. The van der Waals surface area contributed by atoms with E-state index in [1.807, 2.05) is 51.1 Å². The van der Waals surface area contributed by atoms with Crippen LogP contribution in [0, 0.1) is 0 Å². The number of nitrogens with two attached hydrogens (primary N) is 1. The number of hydrogen-bond donors (Lipinski definition) is 1. The van der Waals surface area contributed by atoms with Crippen molar-refractivity contribution >= 4 is 17.7 Å². The van der Waals surface area contributed by atoms with Crippen LogP contribution in [0.2, 0.25) is 0 Å². The van der Waals surface area contributed by atoms with Crippen LogP contribution in [-0.2, 0) is 9.53 Å². The van der Waals surface area contributed by atoms with Crippen molar-refractivity contribution in [2.75, 3.05) is 18.1 Å². The molecule has 4 nitrogen and oxygen atoms in total. The minimum absolute atomic E-state index is 0.353. The number of para-hydroxylation sites is 1. The van der Waals surface area contributed by atoms with Crippen LogP contribution in [0.25, 0.3) is 0 Å². The lowest BCUT2D eigenvalue weighted by atomic mass is 10.2. The number of thioether (sulfide) groups is 1. The lowest BCUT2D eigenvalue weighted by Gasteiger charge is -2.22. The van der Waals surface area contributed by atoms with Crippen molar-refractivity contribution in [3.8, 4) is 5.75 Å². The fraction of sp³-hybridized carbons (Fsp3) is 0.533. The highest BCUT2D eigenvalue weighted by Gasteiger charge is 2.21. The third kappa shape index (κ3) is 7.40. The monoisotopic (exact) mass is 297 g/mol. The Kier molecular flexibility index (Phi) is 6.88. The molecule has 1 unspecified atom stereocenters. The van der Waals surface area contributed by atoms with Crippen LogP contribution in [0.3, 0.4) is 0 Å². The molecule has 0 heterocycles. The van der Waals surface area contributed by atoms with Crippen molar-refractivity contribution < 1.29 is 14.3 Å². The Bertz CT molecular complexity index is 403. The van der Waals surface area contributed by atoms with Gasteiger partial charge in [0, 0.05) is 11.5 Å². The Morgan fingerprint density at radius 3 is 2.55 bits per heavy atom. The van der Waals surface area contributed by atoms with E-state index in [0.29, 0.717) is 12.4 Å². The molecule has 0 radical (unpaired) electrons. The van der Waals surface area contributed by atoms with Crippen molar-refractivity contribution in [3.63, 3.8) is 0 Å². The molecule has 0 amide bonds. The highest BCUT2D eigenvalue weighted by atomic mass is 32.2. The second kappa shape index (κ2) is 8.17. The third-order valence-electron chi connectivity index (χ3n) is 2.25. The molecule has 1 rings (SSSR count). The van der Waals surface area contributed by atoms with Crippen molar-refractivity contribution in [2.24, 2.45) is 5.73 Å². The van der Waals surface area contributed by atoms with E-state index in [4.69, 9.17) is 15.2 Å². The summed E-state index contributed by atoms with van der Waals surface area (Å²) in [5.74, 6) is 1.82. The van der Waals surface area contributed by atoms with E-state index in [0.717, 1.165) is 11.5 Å². The molecule has 0 aliphatic heterocycles. The fourth-order valence-electron chi connectivity index (χ4n) is 1.39. The van der Waals surface area contributed by atoms with Crippen LogP contribution in [-0.4, -0.2) is 35.7 Å². The molecule has 2 N–H and O–H groups in total. The quantitative estimate of drug-likeness (QED) is 0.619. The number of carbonyl (C=O) groups is 1. The minimum Gasteiger partial charge on any atom is -0.493 e. The number of hydrogen-bond acceptors (Lipinski definition) is 5. The van der Waals surface area contributed by atoms with Gasteiger partial charge in [-0.15, -0.1) is 0 Å². The molecule has 0 aliphatic rings. The van der Waals surface area contributed by atoms with Gasteiger partial charge in [0.15, 0.2) is 0 Å². The first kappa shape index (κ1) is 16.9. The Hall–Kier alpha value is -1.20. The summed E-state index contributed by atoms with van der Waals surface area (Å²) >= 11 is 1.58. The molecule has 0 spiro atoms. The van der Waals surface area contributed by atoms with Gasteiger partial charge in [0.2, 0.25) is 0 Å². The number of benzene rings is 1. The van der Waals surface area contributed by atoms with E-state index in [9.17, 15) is 4.79 Å². The van der Waals surface area contributed by atoms with E-state index < -0.39 is 11.6 Å². The van der Waals surface area contributed by atoms with Gasteiger partial charge in [0.1, 0.15) is 17.4 Å². The number of esters is 1. The van der Waals surface area contributed by atoms with Gasteiger partial charge in [0.05, 0.1) is 6.61 Å². The topological polar surface area (TPSA) is 61.5 Å². The van der Waals surface area contributed by atoms with Crippen LogP contribution in [0.15, 0.2) is 30.3 Å². The summed E-state index contributed by atoms with van der Waals surface area (Å²) in [6.07, 6.45) is 0. The summed E-state index contributed by atoms with van der Waals surface area (Å²) < 4.78 is 10.8. The van der Waals surface area contributed by atoms with Crippen LogP contribution in [0.5, 0.6) is 5.75 Å². The first-order chi connectivity index (χ1) is 9.38. The number of rotatable bonds is 7. The zero-order chi connectivity index (χ0) is 15.0. The summed E-state index contributed by atoms with van der Waals surface area (Å²) in [6.45, 7) is 6.09.